The lowest BCUT2D eigenvalue weighted by Gasteiger charge is -2.22. The summed E-state index contributed by atoms with van der Waals surface area (Å²) in [5.74, 6) is -0.627. The van der Waals surface area contributed by atoms with Gasteiger partial charge in [0.15, 0.2) is 0 Å². The number of ether oxygens (including phenoxy) is 1. The lowest BCUT2D eigenvalue weighted by atomic mass is 10.1. The Bertz CT molecular complexity index is 190. The van der Waals surface area contributed by atoms with Crippen molar-refractivity contribution in [3.8, 4) is 0 Å². The molecular weight excluding hydrogens is 192 g/mol. The molecule has 0 unspecified atom stereocenters. The number of halogens is 2. The molecule has 0 saturated heterocycles. The quantitative estimate of drug-likeness (QED) is 0.717. The van der Waals surface area contributed by atoms with Crippen molar-refractivity contribution >= 4 is 5.97 Å². The third-order valence-electron chi connectivity index (χ3n) is 1.41. The summed E-state index contributed by atoms with van der Waals surface area (Å²) in [6.45, 7) is 5.10. The minimum absolute atomic E-state index is 0.0490. The first-order valence-corrected chi connectivity index (χ1v) is 4.49. The number of hydrogen-bond acceptors (Lipinski definition) is 3. The Labute approximate surface area is 82.6 Å². The molecule has 0 bridgehead atoms. The van der Waals surface area contributed by atoms with Crippen LogP contribution in [-0.2, 0) is 9.53 Å². The minimum Gasteiger partial charge on any atom is -0.459 e. The van der Waals surface area contributed by atoms with Crippen LogP contribution < -0.4 is 5.73 Å². The molecule has 84 valence electrons. The number of rotatable bonds is 4. The van der Waals surface area contributed by atoms with Crippen LogP contribution in [0, 0.1) is 0 Å². The van der Waals surface area contributed by atoms with Gasteiger partial charge in [-0.1, -0.05) is 0 Å². The normalized spacial score (nSPS) is 14.2. The second-order valence-corrected chi connectivity index (χ2v) is 4.11. The van der Waals surface area contributed by atoms with Crippen molar-refractivity contribution in [3.05, 3.63) is 0 Å². The maximum absolute atomic E-state index is 11.8. The van der Waals surface area contributed by atoms with Crippen LogP contribution in [0.3, 0.4) is 0 Å². The highest BCUT2D eigenvalue weighted by molar-refractivity contribution is 5.75. The first-order chi connectivity index (χ1) is 6.22. The summed E-state index contributed by atoms with van der Waals surface area (Å²) < 4.78 is 28.5. The maximum atomic E-state index is 11.8. The monoisotopic (exact) mass is 209 g/mol. The average molecular weight is 209 g/mol. The maximum Gasteiger partial charge on any atom is 0.323 e. The molecule has 0 aliphatic carbocycles. The Morgan fingerprint density at radius 3 is 2.21 bits per heavy atom. The van der Waals surface area contributed by atoms with E-state index in [0.29, 0.717) is 0 Å². The standard InChI is InChI=1S/C9H17F2NO2/c1-9(2,3)14-8(13)6(12)4-5-7(10)11/h6-7H,4-5,12H2,1-3H3/t6-/m0/s1. The highest BCUT2D eigenvalue weighted by Gasteiger charge is 2.22. The lowest BCUT2D eigenvalue weighted by molar-refractivity contribution is -0.156. The summed E-state index contributed by atoms with van der Waals surface area (Å²) in [5.41, 5.74) is 4.74. The molecule has 5 heteroatoms. The first kappa shape index (κ1) is 13.3. The Morgan fingerprint density at radius 2 is 1.86 bits per heavy atom. The highest BCUT2D eigenvalue weighted by Crippen LogP contribution is 2.11. The van der Waals surface area contributed by atoms with Crippen molar-refractivity contribution < 1.29 is 18.3 Å². The predicted molar refractivity (Wildman–Crippen MR) is 49.1 cm³/mol. The molecule has 0 saturated carbocycles. The van der Waals surface area contributed by atoms with Gasteiger partial charge < -0.3 is 10.5 Å². The Morgan fingerprint density at radius 1 is 1.36 bits per heavy atom. The van der Waals surface area contributed by atoms with Crippen molar-refractivity contribution in [2.24, 2.45) is 5.73 Å². The summed E-state index contributed by atoms with van der Waals surface area (Å²) in [6, 6.07) is -0.955. The number of carbonyl (C=O) groups excluding carboxylic acids is 1. The predicted octanol–water partition coefficient (Wildman–Crippen LogP) is 1.70. The van der Waals surface area contributed by atoms with Gasteiger partial charge in [-0.25, -0.2) is 8.78 Å². The van der Waals surface area contributed by atoms with Gasteiger partial charge in [0, 0.05) is 6.42 Å². The van der Waals surface area contributed by atoms with Gasteiger partial charge in [0.2, 0.25) is 6.43 Å². The van der Waals surface area contributed by atoms with Gasteiger partial charge in [0.25, 0.3) is 0 Å². The van der Waals surface area contributed by atoms with Crippen molar-refractivity contribution in [2.75, 3.05) is 0 Å². The Balaban J connectivity index is 3.88. The van der Waals surface area contributed by atoms with E-state index in [-0.39, 0.29) is 12.8 Å². The summed E-state index contributed by atoms with van der Waals surface area (Å²) in [4.78, 5) is 11.2. The summed E-state index contributed by atoms with van der Waals surface area (Å²) >= 11 is 0. The Hall–Kier alpha value is -0.710. The van der Waals surface area contributed by atoms with Crippen LogP contribution in [0.15, 0.2) is 0 Å². The molecule has 0 fully saturated rings. The van der Waals surface area contributed by atoms with Crippen LogP contribution in [-0.4, -0.2) is 24.0 Å². The smallest absolute Gasteiger partial charge is 0.323 e. The van der Waals surface area contributed by atoms with Crippen LogP contribution in [0.1, 0.15) is 33.6 Å². The molecule has 0 spiro atoms. The summed E-state index contributed by atoms with van der Waals surface area (Å²) in [5, 5.41) is 0. The van der Waals surface area contributed by atoms with Gasteiger partial charge in [0.1, 0.15) is 11.6 Å². The van der Waals surface area contributed by atoms with Gasteiger partial charge >= 0.3 is 5.97 Å². The van der Waals surface area contributed by atoms with Crippen molar-refractivity contribution in [2.45, 2.75) is 51.7 Å². The zero-order valence-corrected chi connectivity index (χ0v) is 8.72. The SMILES string of the molecule is CC(C)(C)OC(=O)[C@@H](N)CCC(F)F. The van der Waals surface area contributed by atoms with E-state index in [0.717, 1.165) is 0 Å². The molecule has 2 N–H and O–H groups in total. The highest BCUT2D eigenvalue weighted by atomic mass is 19.3. The van der Waals surface area contributed by atoms with Crippen LogP contribution in [0.25, 0.3) is 0 Å². The minimum atomic E-state index is -2.43. The Kier molecular flexibility index (Phi) is 4.97. The fourth-order valence-corrected chi connectivity index (χ4v) is 0.801. The second kappa shape index (κ2) is 5.24. The topological polar surface area (TPSA) is 52.3 Å². The van der Waals surface area contributed by atoms with E-state index in [1.54, 1.807) is 20.8 Å². The van der Waals surface area contributed by atoms with Gasteiger partial charge in [-0.3, -0.25) is 4.79 Å². The second-order valence-electron chi connectivity index (χ2n) is 4.11. The molecule has 0 radical (unpaired) electrons. The number of alkyl halides is 2. The van der Waals surface area contributed by atoms with E-state index in [1.807, 2.05) is 0 Å². The molecule has 3 nitrogen and oxygen atoms in total. The zero-order valence-electron chi connectivity index (χ0n) is 8.72. The molecule has 0 aromatic carbocycles. The third kappa shape index (κ3) is 6.77. The van der Waals surface area contributed by atoms with Crippen molar-refractivity contribution in [1.82, 2.24) is 0 Å². The van der Waals surface area contributed by atoms with E-state index in [4.69, 9.17) is 10.5 Å². The van der Waals surface area contributed by atoms with Crippen molar-refractivity contribution in [1.29, 1.82) is 0 Å². The molecule has 14 heavy (non-hydrogen) atoms. The molecule has 1 atom stereocenters. The number of carbonyl (C=O) groups is 1. The molecule has 0 aromatic rings. The van der Waals surface area contributed by atoms with E-state index < -0.39 is 24.0 Å². The number of nitrogens with two attached hydrogens (primary N) is 1. The van der Waals surface area contributed by atoms with Crippen LogP contribution >= 0.6 is 0 Å². The largest absolute Gasteiger partial charge is 0.459 e. The molecule has 0 amide bonds. The average Bonchev–Trinajstić information content (AvgIpc) is 1.96. The van der Waals surface area contributed by atoms with E-state index in [9.17, 15) is 13.6 Å². The van der Waals surface area contributed by atoms with Gasteiger partial charge in [0.05, 0.1) is 0 Å². The van der Waals surface area contributed by atoms with E-state index in [1.165, 1.54) is 0 Å². The molecule has 0 heterocycles. The van der Waals surface area contributed by atoms with Crippen LogP contribution in [0.4, 0.5) is 8.78 Å². The van der Waals surface area contributed by atoms with Crippen LogP contribution in [0.2, 0.25) is 0 Å². The van der Waals surface area contributed by atoms with Crippen LogP contribution in [0.5, 0.6) is 0 Å². The number of esters is 1. The number of hydrogen-bond donors (Lipinski definition) is 1. The molecule has 0 aromatic heterocycles. The van der Waals surface area contributed by atoms with Gasteiger partial charge in [-0.15, -0.1) is 0 Å². The van der Waals surface area contributed by atoms with Gasteiger partial charge in [-0.05, 0) is 27.2 Å². The lowest BCUT2D eigenvalue weighted by Crippen LogP contribution is -2.37. The first-order valence-electron chi connectivity index (χ1n) is 4.49. The van der Waals surface area contributed by atoms with E-state index >= 15 is 0 Å². The molecule has 0 aliphatic heterocycles. The van der Waals surface area contributed by atoms with Crippen molar-refractivity contribution in [3.63, 3.8) is 0 Å². The zero-order chi connectivity index (χ0) is 11.4. The fourth-order valence-electron chi connectivity index (χ4n) is 0.801. The summed E-state index contributed by atoms with van der Waals surface area (Å²) in [7, 11) is 0. The summed E-state index contributed by atoms with van der Waals surface area (Å²) in [6.07, 6.45) is -2.85. The van der Waals surface area contributed by atoms with E-state index in [2.05, 4.69) is 0 Å². The fraction of sp³-hybridized carbons (Fsp3) is 0.889. The van der Waals surface area contributed by atoms with Gasteiger partial charge in [-0.2, -0.15) is 0 Å². The molecular formula is C9H17F2NO2. The molecule has 0 rings (SSSR count). The third-order valence-corrected chi connectivity index (χ3v) is 1.41. The molecule has 0 aliphatic rings.